The van der Waals surface area contributed by atoms with Crippen molar-refractivity contribution >= 4 is 63.2 Å². The zero-order valence-corrected chi connectivity index (χ0v) is 13.0. The third kappa shape index (κ3) is 3.01. The number of carbonyl (C=O) groups is 1. The molecule has 19 heavy (non-hydrogen) atoms. The second kappa shape index (κ2) is 5.90. The maximum Gasteiger partial charge on any atom is 0.253 e. The van der Waals surface area contributed by atoms with Gasteiger partial charge in [0, 0.05) is 16.1 Å². The lowest BCUT2D eigenvalue weighted by Gasteiger charge is -2.10. The quantitative estimate of drug-likeness (QED) is 0.454. The molecule has 0 saturated carbocycles. The van der Waals surface area contributed by atoms with Crippen LogP contribution in [0.1, 0.15) is 10.4 Å². The van der Waals surface area contributed by atoms with Gasteiger partial charge >= 0.3 is 0 Å². The van der Waals surface area contributed by atoms with Gasteiger partial charge in [0.15, 0.2) is 0 Å². The van der Waals surface area contributed by atoms with Gasteiger partial charge in [-0.05, 0) is 29.8 Å². The highest BCUT2D eigenvalue weighted by molar-refractivity contribution is 6.69. The summed E-state index contributed by atoms with van der Waals surface area (Å²) in [6, 6.07) is 8.04. The van der Waals surface area contributed by atoms with Crippen molar-refractivity contribution in [3.05, 3.63) is 56.0 Å². The van der Waals surface area contributed by atoms with Crippen LogP contribution in [0, 0.1) is 0 Å². The zero-order valence-electron chi connectivity index (χ0n) is 9.18. The highest BCUT2D eigenvalue weighted by Crippen LogP contribution is 2.40. The molecule has 0 unspecified atom stereocenters. The first-order chi connectivity index (χ1) is 8.91. The SMILES string of the molecule is O=C(Cl)c1cccc(-c2cc(Cl)cc(Cl)c2Cl)c1Cl. The van der Waals surface area contributed by atoms with Gasteiger partial charge in [0.05, 0.1) is 20.6 Å². The standard InChI is InChI=1S/C13H5Cl5O/c14-6-4-9(12(17)10(15)5-6)7-2-1-3-8(11(7)16)13(18)19/h1-5H. The van der Waals surface area contributed by atoms with E-state index in [2.05, 4.69) is 0 Å². The van der Waals surface area contributed by atoms with Crippen LogP contribution in [0.5, 0.6) is 0 Å². The molecule has 2 aromatic carbocycles. The van der Waals surface area contributed by atoms with Crippen molar-refractivity contribution in [3.63, 3.8) is 0 Å². The average molecular weight is 354 g/mol. The minimum atomic E-state index is -0.643. The lowest BCUT2D eigenvalue weighted by molar-refractivity contribution is 0.108. The molecular weight excluding hydrogens is 349 g/mol. The van der Waals surface area contributed by atoms with E-state index in [1.807, 2.05) is 0 Å². The van der Waals surface area contributed by atoms with Gasteiger partial charge in [-0.1, -0.05) is 58.5 Å². The normalized spacial score (nSPS) is 10.6. The van der Waals surface area contributed by atoms with E-state index in [4.69, 9.17) is 58.0 Å². The van der Waals surface area contributed by atoms with Gasteiger partial charge in [-0.15, -0.1) is 0 Å². The Morgan fingerprint density at radius 3 is 2.21 bits per heavy atom. The number of carbonyl (C=O) groups excluding carboxylic acids is 1. The summed E-state index contributed by atoms with van der Waals surface area (Å²) in [6.07, 6.45) is 0. The van der Waals surface area contributed by atoms with E-state index >= 15 is 0 Å². The fraction of sp³-hybridized carbons (Fsp3) is 0. The number of rotatable bonds is 2. The number of benzene rings is 2. The zero-order chi connectivity index (χ0) is 14.2. The highest BCUT2D eigenvalue weighted by atomic mass is 35.5. The van der Waals surface area contributed by atoms with E-state index in [9.17, 15) is 4.79 Å². The Labute approximate surface area is 135 Å². The van der Waals surface area contributed by atoms with E-state index in [-0.39, 0.29) is 10.6 Å². The number of hydrogen-bond donors (Lipinski definition) is 0. The Morgan fingerprint density at radius 2 is 1.58 bits per heavy atom. The molecule has 2 aromatic rings. The van der Waals surface area contributed by atoms with Crippen LogP contribution in [0.4, 0.5) is 0 Å². The lowest BCUT2D eigenvalue weighted by atomic mass is 10.0. The summed E-state index contributed by atoms with van der Waals surface area (Å²) in [5.74, 6) is 0. The van der Waals surface area contributed by atoms with Crippen molar-refractivity contribution in [1.29, 1.82) is 0 Å². The molecule has 0 aromatic heterocycles. The largest absolute Gasteiger partial charge is 0.276 e. The Hall–Kier alpha value is -0.440. The molecule has 0 N–H and O–H groups in total. The van der Waals surface area contributed by atoms with Crippen LogP contribution >= 0.6 is 58.0 Å². The fourth-order valence-electron chi connectivity index (χ4n) is 1.64. The van der Waals surface area contributed by atoms with Gasteiger partial charge in [0.25, 0.3) is 5.24 Å². The lowest BCUT2D eigenvalue weighted by Crippen LogP contribution is -1.93. The summed E-state index contributed by atoms with van der Waals surface area (Å²) in [6.45, 7) is 0. The summed E-state index contributed by atoms with van der Waals surface area (Å²) in [7, 11) is 0. The van der Waals surface area contributed by atoms with Gasteiger partial charge < -0.3 is 0 Å². The van der Waals surface area contributed by atoms with Crippen molar-refractivity contribution in [1.82, 2.24) is 0 Å². The summed E-state index contributed by atoms with van der Waals surface area (Å²) >= 11 is 29.7. The van der Waals surface area contributed by atoms with E-state index in [1.165, 1.54) is 12.1 Å². The molecule has 0 spiro atoms. The van der Waals surface area contributed by atoms with Gasteiger partial charge in [0.1, 0.15) is 0 Å². The maximum absolute atomic E-state index is 11.3. The van der Waals surface area contributed by atoms with Crippen molar-refractivity contribution < 1.29 is 4.79 Å². The molecule has 0 aliphatic heterocycles. The Bertz CT molecular complexity index is 666. The molecule has 2 rings (SSSR count). The van der Waals surface area contributed by atoms with Crippen LogP contribution in [0.2, 0.25) is 20.1 Å². The maximum atomic E-state index is 11.3. The summed E-state index contributed by atoms with van der Waals surface area (Å²) < 4.78 is 0. The first-order valence-electron chi connectivity index (χ1n) is 5.05. The Kier molecular flexibility index (Phi) is 4.65. The minimum absolute atomic E-state index is 0.202. The Morgan fingerprint density at radius 1 is 0.895 bits per heavy atom. The second-order valence-corrected chi connectivity index (χ2v) is 5.63. The third-order valence-electron chi connectivity index (χ3n) is 2.49. The fourth-order valence-corrected chi connectivity index (χ4v) is 2.87. The molecule has 1 nitrogen and oxygen atoms in total. The number of hydrogen-bond acceptors (Lipinski definition) is 1. The summed E-state index contributed by atoms with van der Waals surface area (Å²) in [5, 5.41) is 0.608. The van der Waals surface area contributed by atoms with Gasteiger partial charge in [-0.3, -0.25) is 4.79 Å². The summed E-state index contributed by atoms with van der Waals surface area (Å²) in [4.78, 5) is 11.3. The van der Waals surface area contributed by atoms with Crippen LogP contribution in [0.15, 0.2) is 30.3 Å². The molecule has 0 aliphatic carbocycles. The molecule has 0 saturated heterocycles. The third-order valence-corrected chi connectivity index (χ3v) is 4.12. The smallest absolute Gasteiger partial charge is 0.253 e. The first kappa shape index (κ1) is 15.0. The molecule has 6 heteroatoms. The van der Waals surface area contributed by atoms with Crippen molar-refractivity contribution in [2.45, 2.75) is 0 Å². The van der Waals surface area contributed by atoms with Crippen LogP contribution in [-0.2, 0) is 0 Å². The molecule has 0 radical (unpaired) electrons. The van der Waals surface area contributed by atoms with E-state index in [0.29, 0.717) is 26.2 Å². The van der Waals surface area contributed by atoms with Crippen molar-refractivity contribution in [3.8, 4) is 11.1 Å². The molecule has 0 bridgehead atoms. The monoisotopic (exact) mass is 352 g/mol. The Balaban J connectivity index is 2.73. The topological polar surface area (TPSA) is 17.1 Å². The molecule has 0 heterocycles. The molecular formula is C13H5Cl5O. The number of halogens is 5. The van der Waals surface area contributed by atoms with Crippen LogP contribution < -0.4 is 0 Å². The molecule has 98 valence electrons. The summed E-state index contributed by atoms with van der Waals surface area (Å²) in [5.41, 5.74) is 1.29. The molecule has 0 atom stereocenters. The van der Waals surface area contributed by atoms with Crippen molar-refractivity contribution in [2.24, 2.45) is 0 Å². The van der Waals surface area contributed by atoms with Crippen LogP contribution in [0.25, 0.3) is 11.1 Å². The van der Waals surface area contributed by atoms with E-state index < -0.39 is 5.24 Å². The average Bonchev–Trinajstić information content (AvgIpc) is 2.34. The van der Waals surface area contributed by atoms with E-state index in [1.54, 1.807) is 18.2 Å². The van der Waals surface area contributed by atoms with Gasteiger partial charge in [0.2, 0.25) is 0 Å². The minimum Gasteiger partial charge on any atom is -0.276 e. The molecule has 0 fully saturated rings. The highest BCUT2D eigenvalue weighted by Gasteiger charge is 2.16. The van der Waals surface area contributed by atoms with Gasteiger partial charge in [-0.2, -0.15) is 0 Å². The van der Waals surface area contributed by atoms with Gasteiger partial charge in [-0.25, -0.2) is 0 Å². The van der Waals surface area contributed by atoms with E-state index in [0.717, 1.165) is 0 Å². The van der Waals surface area contributed by atoms with Crippen LogP contribution in [0.3, 0.4) is 0 Å². The second-order valence-electron chi connectivity index (χ2n) is 3.69. The van der Waals surface area contributed by atoms with Crippen molar-refractivity contribution in [2.75, 3.05) is 0 Å². The first-order valence-corrected chi connectivity index (χ1v) is 6.94. The van der Waals surface area contributed by atoms with Crippen LogP contribution in [-0.4, -0.2) is 5.24 Å². The molecule has 0 amide bonds. The predicted octanol–water partition coefficient (Wildman–Crippen LogP) is 6.35. The molecule has 0 aliphatic rings. The predicted molar refractivity (Wildman–Crippen MR) is 82.1 cm³/mol.